The van der Waals surface area contributed by atoms with E-state index in [0.717, 1.165) is 19.2 Å². The second-order valence-corrected chi connectivity index (χ2v) is 9.84. The van der Waals surface area contributed by atoms with Crippen LogP contribution in [0.3, 0.4) is 0 Å². The number of ether oxygens (including phenoxy) is 2. The molecule has 15 heteroatoms. The first-order valence-electron chi connectivity index (χ1n) is 13.6. The fourth-order valence-electron chi connectivity index (χ4n) is 4.33. The van der Waals surface area contributed by atoms with Gasteiger partial charge in [0.05, 0.1) is 24.2 Å². The third kappa shape index (κ3) is 8.34. The Bertz CT molecular complexity index is 1510. The highest BCUT2D eigenvalue weighted by Crippen LogP contribution is 2.37. The molecule has 1 aromatic carbocycles. The van der Waals surface area contributed by atoms with Gasteiger partial charge >= 0.3 is 6.18 Å². The van der Waals surface area contributed by atoms with E-state index in [2.05, 4.69) is 42.4 Å². The maximum absolute atomic E-state index is 14.0. The standard InChI is InChI=1S/C29H33F3N8O4/c1-5-25(42)35-24-14-20(44-13-12-39-8-10-40(11-9-39)19(3)41)6-7-22(24)36-27-21(29(30,31)32)17-34-28(38-27)37-23-15-26(43-4)33-16-18(23)2/h5-7,14-17H,1,8-13H2,2-4H3,(H,35,42)(H2,33,34,36,37,38). The third-order valence-corrected chi connectivity index (χ3v) is 6.81. The Morgan fingerprint density at radius 1 is 1.05 bits per heavy atom. The molecule has 1 fully saturated rings. The lowest BCUT2D eigenvalue weighted by Crippen LogP contribution is -2.48. The Morgan fingerprint density at radius 2 is 1.80 bits per heavy atom. The second-order valence-electron chi connectivity index (χ2n) is 9.84. The van der Waals surface area contributed by atoms with E-state index in [-0.39, 0.29) is 23.2 Å². The van der Waals surface area contributed by atoms with Gasteiger partial charge in [-0.15, -0.1) is 0 Å². The number of anilines is 5. The van der Waals surface area contributed by atoms with Gasteiger partial charge in [0.2, 0.25) is 23.6 Å². The summed E-state index contributed by atoms with van der Waals surface area (Å²) in [6.45, 7) is 10.4. The van der Waals surface area contributed by atoms with Gasteiger partial charge in [0.25, 0.3) is 0 Å². The van der Waals surface area contributed by atoms with Crippen molar-refractivity contribution in [2.24, 2.45) is 0 Å². The van der Waals surface area contributed by atoms with Gasteiger partial charge in [-0.3, -0.25) is 14.5 Å². The number of nitrogens with zero attached hydrogens (tertiary/aromatic N) is 5. The first-order chi connectivity index (χ1) is 21.0. The first kappa shape index (κ1) is 32.0. The summed E-state index contributed by atoms with van der Waals surface area (Å²) in [6.07, 6.45) is -1.53. The Labute approximate surface area is 252 Å². The number of piperazine rings is 1. The van der Waals surface area contributed by atoms with Crippen molar-refractivity contribution >= 4 is 40.6 Å². The molecule has 3 N–H and O–H groups in total. The Balaban J connectivity index is 1.55. The minimum absolute atomic E-state index is 0.0463. The van der Waals surface area contributed by atoms with Crippen molar-refractivity contribution in [3.8, 4) is 11.6 Å². The third-order valence-electron chi connectivity index (χ3n) is 6.81. The van der Waals surface area contributed by atoms with Gasteiger partial charge in [-0.1, -0.05) is 6.58 Å². The number of nitrogens with one attached hydrogen (secondary N) is 3. The maximum atomic E-state index is 14.0. The number of alkyl halides is 3. The highest BCUT2D eigenvalue weighted by Gasteiger charge is 2.35. The van der Waals surface area contributed by atoms with Crippen LogP contribution in [-0.4, -0.2) is 83.0 Å². The largest absolute Gasteiger partial charge is 0.492 e. The van der Waals surface area contributed by atoms with Crippen LogP contribution in [-0.2, 0) is 15.8 Å². The normalized spacial score (nSPS) is 13.6. The monoisotopic (exact) mass is 614 g/mol. The molecule has 2 amide bonds. The predicted octanol–water partition coefficient (Wildman–Crippen LogP) is 4.36. The molecule has 4 rings (SSSR count). The summed E-state index contributed by atoms with van der Waals surface area (Å²) in [5.41, 5.74) is 0.345. The summed E-state index contributed by atoms with van der Waals surface area (Å²) in [5, 5.41) is 8.20. The molecule has 1 aliphatic rings. The number of amides is 2. The van der Waals surface area contributed by atoms with Crippen molar-refractivity contribution in [3.63, 3.8) is 0 Å². The lowest BCUT2D eigenvalue weighted by Gasteiger charge is -2.34. The molecule has 234 valence electrons. The lowest BCUT2D eigenvalue weighted by molar-refractivity contribution is -0.137. The van der Waals surface area contributed by atoms with Crippen molar-refractivity contribution in [2.75, 3.05) is 62.4 Å². The topological polar surface area (TPSA) is 134 Å². The number of carbonyl (C=O) groups excluding carboxylic acids is 2. The first-order valence-corrected chi connectivity index (χ1v) is 13.6. The molecule has 0 atom stereocenters. The van der Waals surface area contributed by atoms with E-state index in [9.17, 15) is 22.8 Å². The van der Waals surface area contributed by atoms with Crippen molar-refractivity contribution < 1.29 is 32.2 Å². The molecule has 44 heavy (non-hydrogen) atoms. The molecule has 3 heterocycles. The fraction of sp³-hybridized carbons (Fsp3) is 0.345. The van der Waals surface area contributed by atoms with Crippen LogP contribution in [0.4, 0.5) is 42.0 Å². The SMILES string of the molecule is C=CC(=O)Nc1cc(OCCN2CCN(C(C)=O)CC2)ccc1Nc1nc(Nc2cc(OC)ncc2C)ncc1C(F)(F)F. The van der Waals surface area contributed by atoms with Crippen molar-refractivity contribution in [2.45, 2.75) is 20.0 Å². The molecule has 2 aromatic heterocycles. The molecular formula is C29H33F3N8O4. The van der Waals surface area contributed by atoms with E-state index in [4.69, 9.17) is 9.47 Å². The smallest absolute Gasteiger partial charge is 0.421 e. The molecule has 1 aliphatic heterocycles. The van der Waals surface area contributed by atoms with Crippen LogP contribution >= 0.6 is 0 Å². The number of rotatable bonds is 11. The van der Waals surface area contributed by atoms with Gasteiger partial charge < -0.3 is 30.3 Å². The van der Waals surface area contributed by atoms with Gasteiger partial charge in [-0.25, -0.2) is 9.97 Å². The van der Waals surface area contributed by atoms with Gasteiger partial charge in [0.15, 0.2) is 0 Å². The second kappa shape index (κ2) is 14.0. The van der Waals surface area contributed by atoms with Crippen LogP contribution < -0.4 is 25.4 Å². The molecule has 0 unspecified atom stereocenters. The molecule has 1 saturated heterocycles. The molecule has 0 radical (unpaired) electrons. The van der Waals surface area contributed by atoms with E-state index in [1.165, 1.54) is 25.4 Å². The molecular weight excluding hydrogens is 581 g/mol. The van der Waals surface area contributed by atoms with Gasteiger partial charge in [0, 0.05) is 64.2 Å². The number of methoxy groups -OCH3 is 1. The highest BCUT2D eigenvalue weighted by atomic mass is 19.4. The number of halogens is 3. The minimum atomic E-state index is -4.78. The zero-order valence-corrected chi connectivity index (χ0v) is 24.5. The quantitative estimate of drug-likeness (QED) is 0.268. The molecule has 0 aliphatic carbocycles. The van der Waals surface area contributed by atoms with E-state index in [0.29, 0.717) is 55.3 Å². The lowest BCUT2D eigenvalue weighted by atomic mass is 10.2. The number of aryl methyl sites for hydroxylation is 1. The average molecular weight is 615 g/mol. The summed E-state index contributed by atoms with van der Waals surface area (Å²) in [7, 11) is 1.44. The van der Waals surface area contributed by atoms with Gasteiger partial charge in [0.1, 0.15) is 23.7 Å². The van der Waals surface area contributed by atoms with Crippen LogP contribution in [0.2, 0.25) is 0 Å². The summed E-state index contributed by atoms with van der Waals surface area (Å²) in [6, 6.07) is 6.11. The maximum Gasteiger partial charge on any atom is 0.421 e. The van der Waals surface area contributed by atoms with Crippen LogP contribution in [0, 0.1) is 6.92 Å². The summed E-state index contributed by atoms with van der Waals surface area (Å²) in [5.74, 6) is -0.496. The van der Waals surface area contributed by atoms with Crippen LogP contribution in [0.25, 0.3) is 0 Å². The Morgan fingerprint density at radius 3 is 2.45 bits per heavy atom. The predicted molar refractivity (Wildman–Crippen MR) is 159 cm³/mol. The minimum Gasteiger partial charge on any atom is -0.492 e. The van der Waals surface area contributed by atoms with E-state index >= 15 is 0 Å². The van der Waals surface area contributed by atoms with Crippen molar-refractivity contribution in [1.29, 1.82) is 0 Å². The number of aromatic nitrogens is 3. The fourth-order valence-corrected chi connectivity index (χ4v) is 4.33. The van der Waals surface area contributed by atoms with Crippen molar-refractivity contribution in [3.05, 3.63) is 60.4 Å². The molecule has 0 saturated carbocycles. The van der Waals surface area contributed by atoms with Gasteiger partial charge in [-0.05, 0) is 30.7 Å². The van der Waals surface area contributed by atoms with E-state index in [1.807, 2.05) is 0 Å². The Hall–Kier alpha value is -4.92. The Kier molecular flexibility index (Phi) is 10.2. The zero-order valence-electron chi connectivity index (χ0n) is 24.5. The van der Waals surface area contributed by atoms with E-state index in [1.54, 1.807) is 30.9 Å². The van der Waals surface area contributed by atoms with Crippen molar-refractivity contribution in [1.82, 2.24) is 24.8 Å². The highest BCUT2D eigenvalue weighted by molar-refractivity contribution is 6.01. The average Bonchev–Trinajstić information content (AvgIpc) is 2.99. The van der Waals surface area contributed by atoms with Crippen LogP contribution in [0.1, 0.15) is 18.1 Å². The number of pyridine rings is 1. The summed E-state index contributed by atoms with van der Waals surface area (Å²) >= 11 is 0. The summed E-state index contributed by atoms with van der Waals surface area (Å²) in [4.78, 5) is 39.7. The number of benzene rings is 1. The molecule has 0 bridgehead atoms. The molecule has 3 aromatic rings. The number of hydrogen-bond acceptors (Lipinski definition) is 10. The zero-order chi connectivity index (χ0) is 31.9. The van der Waals surface area contributed by atoms with Gasteiger partial charge in [-0.2, -0.15) is 18.2 Å². The number of carbonyl (C=O) groups is 2. The van der Waals surface area contributed by atoms with E-state index < -0.39 is 23.5 Å². The van der Waals surface area contributed by atoms with Crippen LogP contribution in [0.15, 0.2) is 49.3 Å². The molecule has 12 nitrogen and oxygen atoms in total. The number of hydrogen-bond donors (Lipinski definition) is 3. The molecule has 0 spiro atoms. The van der Waals surface area contributed by atoms with Crippen LogP contribution in [0.5, 0.6) is 11.6 Å². The summed E-state index contributed by atoms with van der Waals surface area (Å²) < 4.78 is 52.9.